The van der Waals surface area contributed by atoms with Gasteiger partial charge in [-0.1, -0.05) is 109 Å². The largest absolute Gasteiger partial charge is 0.355 e. The highest BCUT2D eigenvalue weighted by Gasteiger charge is 2.06. The summed E-state index contributed by atoms with van der Waals surface area (Å²) >= 11 is 0. The van der Waals surface area contributed by atoms with Crippen molar-refractivity contribution < 1.29 is 17.8 Å². The lowest BCUT2D eigenvalue weighted by molar-refractivity contribution is -0.121. The van der Waals surface area contributed by atoms with Gasteiger partial charge in [0.05, 0.1) is 5.75 Å². The Bertz CT molecular complexity index is 546. The molecule has 0 spiro atoms. The molecule has 0 aromatic heterocycles. The molecule has 0 heterocycles. The van der Waals surface area contributed by atoms with Crippen molar-refractivity contribution in [2.75, 3.05) is 12.3 Å². The summed E-state index contributed by atoms with van der Waals surface area (Å²) in [6.07, 6.45) is 29.6. The number of carbonyl (C=O) groups is 1. The van der Waals surface area contributed by atoms with E-state index in [1.807, 2.05) is 0 Å². The Morgan fingerprint density at radius 3 is 1.53 bits per heavy atom. The number of allylic oxidation sites excluding steroid dienone is 2. The average molecular weight is 474 g/mol. The fourth-order valence-corrected chi connectivity index (χ4v) is 4.18. The summed E-state index contributed by atoms with van der Waals surface area (Å²) in [7, 11) is -3.99. The minimum Gasteiger partial charge on any atom is -0.355 e. The number of hydrogen-bond acceptors (Lipinski definition) is 3. The molecule has 0 saturated heterocycles. The van der Waals surface area contributed by atoms with Crippen LogP contribution in [0.2, 0.25) is 0 Å². The molecule has 0 aromatic carbocycles. The van der Waals surface area contributed by atoms with E-state index in [4.69, 9.17) is 4.55 Å². The lowest BCUT2D eigenvalue weighted by Gasteiger charge is -2.04. The van der Waals surface area contributed by atoms with Crippen molar-refractivity contribution in [3.05, 3.63) is 12.2 Å². The van der Waals surface area contributed by atoms with Crippen molar-refractivity contribution in [2.24, 2.45) is 0 Å². The van der Waals surface area contributed by atoms with E-state index < -0.39 is 15.9 Å². The molecule has 0 saturated carbocycles. The quantitative estimate of drug-likeness (QED) is 0.0870. The third-order valence-corrected chi connectivity index (χ3v) is 6.57. The molecule has 190 valence electrons. The minimum atomic E-state index is -3.99. The fraction of sp³-hybridized carbons (Fsp3) is 0.885. The molecule has 0 aliphatic carbocycles. The normalized spacial score (nSPS) is 11.9. The lowest BCUT2D eigenvalue weighted by Crippen LogP contribution is -2.28. The van der Waals surface area contributed by atoms with Crippen LogP contribution >= 0.6 is 0 Å². The predicted octanol–water partition coefficient (Wildman–Crippen LogP) is 7.37. The average Bonchev–Trinajstić information content (AvgIpc) is 2.74. The summed E-state index contributed by atoms with van der Waals surface area (Å²) in [5, 5.41) is 2.52. The van der Waals surface area contributed by atoms with Crippen LogP contribution in [0.4, 0.5) is 0 Å². The molecule has 0 aromatic rings. The number of hydrogen-bond donors (Lipinski definition) is 2. The van der Waals surface area contributed by atoms with Crippen LogP contribution in [0.1, 0.15) is 135 Å². The fourth-order valence-electron chi connectivity index (χ4n) is 3.82. The second-order valence-corrected chi connectivity index (χ2v) is 10.7. The zero-order valence-corrected chi connectivity index (χ0v) is 21.6. The smallest absolute Gasteiger partial charge is 0.266 e. The summed E-state index contributed by atoms with van der Waals surface area (Å²) in [4.78, 5) is 11.5. The first-order valence-electron chi connectivity index (χ1n) is 13.3. The molecule has 0 bridgehead atoms. The topological polar surface area (TPSA) is 83.5 Å². The van der Waals surface area contributed by atoms with Gasteiger partial charge in [0, 0.05) is 13.0 Å². The van der Waals surface area contributed by atoms with E-state index in [-0.39, 0.29) is 12.5 Å². The maximum atomic E-state index is 11.5. The number of carbonyl (C=O) groups excluding carboxylic acids is 1. The Morgan fingerprint density at radius 1 is 0.688 bits per heavy atom. The van der Waals surface area contributed by atoms with Gasteiger partial charge in [0.15, 0.2) is 0 Å². The van der Waals surface area contributed by atoms with Crippen molar-refractivity contribution in [2.45, 2.75) is 135 Å². The van der Waals surface area contributed by atoms with Crippen LogP contribution in [0.3, 0.4) is 0 Å². The number of nitrogens with one attached hydrogen (secondary N) is 1. The summed E-state index contributed by atoms with van der Waals surface area (Å²) in [5.74, 6) is -0.559. The molecule has 5 nitrogen and oxygen atoms in total. The molecule has 0 atom stereocenters. The van der Waals surface area contributed by atoms with Crippen LogP contribution < -0.4 is 5.32 Å². The third kappa shape index (κ3) is 27.2. The molecule has 32 heavy (non-hydrogen) atoms. The van der Waals surface area contributed by atoms with Gasteiger partial charge in [-0.05, 0) is 32.1 Å². The molecular weight excluding hydrogens is 422 g/mol. The molecule has 0 aliphatic rings. The first-order chi connectivity index (χ1) is 15.5. The van der Waals surface area contributed by atoms with E-state index in [0.29, 0.717) is 6.42 Å². The van der Waals surface area contributed by atoms with Crippen molar-refractivity contribution in [1.82, 2.24) is 5.32 Å². The van der Waals surface area contributed by atoms with E-state index >= 15 is 0 Å². The van der Waals surface area contributed by atoms with E-state index in [1.54, 1.807) is 0 Å². The van der Waals surface area contributed by atoms with Crippen LogP contribution in [0.5, 0.6) is 0 Å². The van der Waals surface area contributed by atoms with E-state index in [9.17, 15) is 13.2 Å². The first kappa shape index (κ1) is 31.1. The number of rotatable bonds is 24. The SMILES string of the molecule is CCCCCCCCC=CCCCCCCCCCCCCCC(=O)NCCS(=O)(=O)O. The van der Waals surface area contributed by atoms with Gasteiger partial charge in [-0.3, -0.25) is 9.35 Å². The molecule has 2 N–H and O–H groups in total. The van der Waals surface area contributed by atoms with Crippen molar-refractivity contribution in [3.8, 4) is 0 Å². The first-order valence-corrected chi connectivity index (χ1v) is 14.9. The van der Waals surface area contributed by atoms with Gasteiger partial charge in [0.2, 0.25) is 5.91 Å². The Hall–Kier alpha value is -0.880. The van der Waals surface area contributed by atoms with E-state index in [1.165, 1.54) is 103 Å². The van der Waals surface area contributed by atoms with Gasteiger partial charge in [-0.15, -0.1) is 0 Å². The standard InChI is InChI=1S/C26H51NO4S/c1-2-3-4-5-6-7-8-9-10-11-12-13-14-15-16-17-18-19-20-21-22-23-26(28)27-24-25-32(29,30)31/h9-10H,2-8,11-25H2,1H3,(H,27,28)(H,29,30,31). The molecular formula is C26H51NO4S. The van der Waals surface area contributed by atoms with Gasteiger partial charge >= 0.3 is 0 Å². The maximum absolute atomic E-state index is 11.5. The van der Waals surface area contributed by atoms with Crippen LogP contribution in [-0.4, -0.2) is 31.2 Å². The molecule has 0 unspecified atom stereocenters. The van der Waals surface area contributed by atoms with Crippen LogP contribution in [0.25, 0.3) is 0 Å². The summed E-state index contributed by atoms with van der Waals surface area (Å²) in [6, 6.07) is 0. The van der Waals surface area contributed by atoms with Gasteiger partial charge in [-0.2, -0.15) is 8.42 Å². The lowest BCUT2D eigenvalue weighted by atomic mass is 10.0. The Kier molecular flexibility index (Phi) is 22.6. The highest BCUT2D eigenvalue weighted by molar-refractivity contribution is 7.85. The van der Waals surface area contributed by atoms with Crippen LogP contribution in [0.15, 0.2) is 12.2 Å². The monoisotopic (exact) mass is 473 g/mol. The van der Waals surface area contributed by atoms with Crippen LogP contribution in [-0.2, 0) is 14.9 Å². The van der Waals surface area contributed by atoms with Gasteiger partial charge < -0.3 is 5.32 Å². The second kappa shape index (κ2) is 23.3. The maximum Gasteiger partial charge on any atom is 0.266 e. The zero-order valence-electron chi connectivity index (χ0n) is 20.8. The van der Waals surface area contributed by atoms with E-state index in [0.717, 1.165) is 19.3 Å². The van der Waals surface area contributed by atoms with Crippen LogP contribution in [0, 0.1) is 0 Å². The highest BCUT2D eigenvalue weighted by atomic mass is 32.2. The second-order valence-electron chi connectivity index (χ2n) is 9.09. The summed E-state index contributed by atoms with van der Waals surface area (Å²) in [5.41, 5.74) is 0. The summed E-state index contributed by atoms with van der Waals surface area (Å²) < 4.78 is 29.7. The molecule has 0 fully saturated rings. The summed E-state index contributed by atoms with van der Waals surface area (Å²) in [6.45, 7) is 2.25. The molecule has 0 radical (unpaired) electrons. The van der Waals surface area contributed by atoms with Gasteiger partial charge in [0.1, 0.15) is 0 Å². The van der Waals surface area contributed by atoms with Crippen molar-refractivity contribution in [1.29, 1.82) is 0 Å². The predicted molar refractivity (Wildman–Crippen MR) is 137 cm³/mol. The van der Waals surface area contributed by atoms with Crippen molar-refractivity contribution in [3.63, 3.8) is 0 Å². The molecule has 6 heteroatoms. The Morgan fingerprint density at radius 2 is 1.09 bits per heavy atom. The number of amides is 1. The van der Waals surface area contributed by atoms with Crippen molar-refractivity contribution >= 4 is 16.0 Å². The van der Waals surface area contributed by atoms with E-state index in [2.05, 4.69) is 24.4 Å². The molecule has 0 rings (SSSR count). The van der Waals surface area contributed by atoms with Gasteiger partial charge in [-0.25, -0.2) is 0 Å². The zero-order chi connectivity index (χ0) is 23.8. The highest BCUT2D eigenvalue weighted by Crippen LogP contribution is 2.13. The third-order valence-electron chi connectivity index (χ3n) is 5.85. The molecule has 1 amide bonds. The minimum absolute atomic E-state index is 0.0202. The number of unbranched alkanes of at least 4 members (excludes halogenated alkanes) is 17. The van der Waals surface area contributed by atoms with Gasteiger partial charge in [0.25, 0.3) is 10.1 Å². The molecule has 0 aliphatic heterocycles. The Labute approximate surface area is 199 Å². The Balaban J connectivity index is 3.20.